The topological polar surface area (TPSA) is 117 Å². The summed E-state index contributed by atoms with van der Waals surface area (Å²) in [4.78, 5) is 43.5. The van der Waals surface area contributed by atoms with Gasteiger partial charge in [-0.25, -0.2) is 13.8 Å². The second-order valence-electron chi connectivity index (χ2n) is 11.3. The molecule has 5 heterocycles. The SMILES string of the molecule is NC(=O)C[C@H](Cc1cc(F)cc(F)c1)c1nc2nc(N3CCN(c4ccncc4)CC3)sc2cc1-c1cccc2c1CNC2=O. The number of primary amides is 1. The van der Waals surface area contributed by atoms with Gasteiger partial charge in [0.2, 0.25) is 5.91 Å². The average molecular weight is 626 g/mol. The third kappa shape index (κ3) is 5.80. The van der Waals surface area contributed by atoms with E-state index in [1.54, 1.807) is 18.5 Å². The van der Waals surface area contributed by atoms with Gasteiger partial charge in [-0.05, 0) is 59.5 Å². The summed E-state index contributed by atoms with van der Waals surface area (Å²) in [5.41, 5.74) is 11.2. The molecule has 2 aliphatic heterocycles. The zero-order valence-corrected chi connectivity index (χ0v) is 25.0. The van der Waals surface area contributed by atoms with Crippen LogP contribution < -0.4 is 20.9 Å². The molecule has 1 saturated heterocycles. The van der Waals surface area contributed by atoms with E-state index in [0.717, 1.165) is 64.5 Å². The van der Waals surface area contributed by atoms with E-state index in [2.05, 4.69) is 20.1 Å². The Kier molecular flexibility index (Phi) is 7.58. The fourth-order valence-electron chi connectivity index (χ4n) is 6.27. The van der Waals surface area contributed by atoms with Crippen LogP contribution >= 0.6 is 11.3 Å². The van der Waals surface area contributed by atoms with Gasteiger partial charge in [-0.3, -0.25) is 14.6 Å². The number of anilines is 2. The summed E-state index contributed by atoms with van der Waals surface area (Å²) in [7, 11) is 0. The highest BCUT2D eigenvalue weighted by Crippen LogP contribution is 2.40. The summed E-state index contributed by atoms with van der Waals surface area (Å²) in [6.45, 7) is 3.56. The highest BCUT2D eigenvalue weighted by molar-refractivity contribution is 7.22. The molecule has 45 heavy (non-hydrogen) atoms. The Morgan fingerprint density at radius 3 is 2.38 bits per heavy atom. The maximum absolute atomic E-state index is 14.2. The van der Waals surface area contributed by atoms with E-state index in [1.165, 1.54) is 23.5 Å². The summed E-state index contributed by atoms with van der Waals surface area (Å²) < 4.78 is 29.2. The van der Waals surface area contributed by atoms with Gasteiger partial charge < -0.3 is 20.9 Å². The van der Waals surface area contributed by atoms with Gasteiger partial charge in [0.1, 0.15) is 11.6 Å². The first-order chi connectivity index (χ1) is 21.8. The lowest BCUT2D eigenvalue weighted by molar-refractivity contribution is -0.118. The van der Waals surface area contributed by atoms with Gasteiger partial charge in [-0.15, -0.1) is 0 Å². The van der Waals surface area contributed by atoms with E-state index < -0.39 is 23.5 Å². The first-order valence-electron chi connectivity index (χ1n) is 14.7. The molecule has 2 amide bonds. The van der Waals surface area contributed by atoms with Gasteiger partial charge in [0.05, 0.1) is 10.4 Å². The minimum atomic E-state index is -0.704. The summed E-state index contributed by atoms with van der Waals surface area (Å²) in [6, 6.07) is 14.9. The molecule has 3 aromatic heterocycles. The van der Waals surface area contributed by atoms with E-state index in [1.807, 2.05) is 30.3 Å². The highest BCUT2D eigenvalue weighted by Gasteiger charge is 2.29. The van der Waals surface area contributed by atoms with Crippen LogP contribution in [0.2, 0.25) is 0 Å². The molecular weight excluding hydrogens is 596 g/mol. The lowest BCUT2D eigenvalue weighted by Crippen LogP contribution is -2.46. The Morgan fingerprint density at radius 2 is 1.64 bits per heavy atom. The number of carbonyl (C=O) groups excluding carboxylic acids is 2. The van der Waals surface area contributed by atoms with Crippen molar-refractivity contribution in [3.63, 3.8) is 0 Å². The van der Waals surface area contributed by atoms with E-state index in [4.69, 9.17) is 15.7 Å². The van der Waals surface area contributed by atoms with Crippen molar-refractivity contribution in [2.24, 2.45) is 5.73 Å². The number of hydrogen-bond acceptors (Lipinski definition) is 8. The molecule has 0 bridgehead atoms. The Balaban J connectivity index is 1.30. The van der Waals surface area contributed by atoms with E-state index in [-0.39, 0.29) is 18.7 Å². The Labute approximate surface area is 261 Å². The number of nitrogens with two attached hydrogens (primary N) is 1. The van der Waals surface area contributed by atoms with Crippen LogP contribution in [0.1, 0.15) is 39.5 Å². The number of piperazine rings is 1. The van der Waals surface area contributed by atoms with Crippen molar-refractivity contribution >= 4 is 44.3 Å². The zero-order valence-electron chi connectivity index (χ0n) is 24.2. The van der Waals surface area contributed by atoms with Crippen LogP contribution in [-0.2, 0) is 17.8 Å². The minimum absolute atomic E-state index is 0.0934. The predicted octanol–water partition coefficient (Wildman–Crippen LogP) is 4.80. The second kappa shape index (κ2) is 11.8. The molecule has 0 radical (unpaired) electrons. The quantitative estimate of drug-likeness (QED) is 0.254. The molecule has 0 saturated carbocycles. The first-order valence-corrected chi connectivity index (χ1v) is 15.5. The van der Waals surface area contributed by atoms with Gasteiger partial charge in [0.25, 0.3) is 5.91 Å². The molecule has 0 spiro atoms. The van der Waals surface area contributed by atoms with Crippen molar-refractivity contribution in [1.82, 2.24) is 20.3 Å². The predicted molar refractivity (Wildman–Crippen MR) is 169 cm³/mol. The molecule has 1 fully saturated rings. The van der Waals surface area contributed by atoms with Crippen LogP contribution in [0.4, 0.5) is 19.6 Å². The smallest absolute Gasteiger partial charge is 0.251 e. The van der Waals surface area contributed by atoms with Crippen LogP contribution in [0.3, 0.4) is 0 Å². The normalized spacial score (nSPS) is 15.3. The number of benzene rings is 2. The Hall–Kier alpha value is -4.97. The van der Waals surface area contributed by atoms with Gasteiger partial charge in [-0.1, -0.05) is 23.5 Å². The van der Waals surface area contributed by atoms with E-state index >= 15 is 0 Å². The fraction of sp³-hybridized carbons (Fsp3) is 0.242. The number of rotatable bonds is 8. The molecule has 12 heteroatoms. The van der Waals surface area contributed by atoms with Gasteiger partial charge >= 0.3 is 0 Å². The van der Waals surface area contributed by atoms with E-state index in [9.17, 15) is 18.4 Å². The largest absolute Gasteiger partial charge is 0.370 e. The van der Waals surface area contributed by atoms with E-state index in [0.29, 0.717) is 29.0 Å². The van der Waals surface area contributed by atoms with Crippen LogP contribution in [0, 0.1) is 11.6 Å². The van der Waals surface area contributed by atoms with Crippen molar-refractivity contribution in [2.75, 3.05) is 36.0 Å². The summed E-state index contributed by atoms with van der Waals surface area (Å²) in [5.74, 6) is -2.73. The maximum Gasteiger partial charge on any atom is 0.251 e. The molecule has 1 atom stereocenters. The molecule has 5 aromatic rings. The minimum Gasteiger partial charge on any atom is -0.370 e. The number of amides is 2. The zero-order chi connectivity index (χ0) is 31.1. The van der Waals surface area contributed by atoms with Crippen LogP contribution in [0.5, 0.6) is 0 Å². The van der Waals surface area contributed by atoms with Crippen molar-refractivity contribution in [3.05, 3.63) is 101 Å². The van der Waals surface area contributed by atoms with Crippen LogP contribution in [0.15, 0.2) is 67.0 Å². The van der Waals surface area contributed by atoms with Crippen molar-refractivity contribution in [3.8, 4) is 11.1 Å². The summed E-state index contributed by atoms with van der Waals surface area (Å²) >= 11 is 1.54. The molecule has 3 N–H and O–H groups in total. The van der Waals surface area contributed by atoms with Gasteiger partial charge in [-0.2, -0.15) is 4.98 Å². The summed E-state index contributed by atoms with van der Waals surface area (Å²) in [6.07, 6.45) is 3.62. The number of fused-ring (bicyclic) bond motifs is 2. The van der Waals surface area contributed by atoms with Crippen LogP contribution in [-0.4, -0.2) is 52.9 Å². The molecule has 2 aromatic carbocycles. The maximum atomic E-state index is 14.2. The fourth-order valence-corrected chi connectivity index (χ4v) is 7.27. The molecule has 2 aliphatic rings. The number of nitrogens with one attached hydrogen (secondary N) is 1. The number of aromatic nitrogens is 3. The van der Waals surface area contributed by atoms with Crippen molar-refractivity contribution in [1.29, 1.82) is 0 Å². The Morgan fingerprint density at radius 1 is 0.933 bits per heavy atom. The van der Waals surface area contributed by atoms with Gasteiger partial charge in [0.15, 0.2) is 10.8 Å². The molecule has 7 rings (SSSR count). The molecule has 0 aliphatic carbocycles. The molecular formula is C33H29F2N7O2S. The first kappa shape index (κ1) is 28.8. The lowest BCUT2D eigenvalue weighted by atomic mass is 9.86. The van der Waals surface area contributed by atoms with Crippen LogP contribution in [0.25, 0.3) is 21.5 Å². The summed E-state index contributed by atoms with van der Waals surface area (Å²) in [5, 5.41) is 3.72. The van der Waals surface area contributed by atoms with Crippen molar-refractivity contribution < 1.29 is 18.4 Å². The molecule has 0 unspecified atom stereocenters. The third-order valence-electron chi connectivity index (χ3n) is 8.35. The molecule has 9 nitrogen and oxygen atoms in total. The number of hydrogen-bond donors (Lipinski definition) is 2. The highest BCUT2D eigenvalue weighted by atomic mass is 32.1. The number of carbonyl (C=O) groups is 2. The average Bonchev–Trinajstić information content (AvgIpc) is 3.63. The number of nitrogens with zero attached hydrogens (tertiary/aromatic N) is 5. The second-order valence-corrected chi connectivity index (χ2v) is 12.3. The standard InChI is InChI=1S/C33H29F2N7O2S/c34-21-13-19(14-22(35)16-21)12-20(15-29(36)43)30-26(24-2-1-3-25-27(24)18-38-32(25)44)17-28-31(39-30)40-33(45-28)42-10-8-41(9-11-42)23-4-6-37-7-5-23/h1-7,13-14,16-17,20H,8-12,15,18H2,(H2,36,43)(H,38,44)/t20-/m0/s1. The number of halogens is 2. The lowest BCUT2D eigenvalue weighted by Gasteiger charge is -2.35. The third-order valence-corrected chi connectivity index (χ3v) is 9.41. The number of thiazole rings is 1. The number of pyridine rings is 2. The Bertz CT molecular complexity index is 1910. The monoisotopic (exact) mass is 625 g/mol. The molecule has 228 valence electrons. The van der Waals surface area contributed by atoms with Gasteiger partial charge in [0, 0.05) is 80.3 Å². The van der Waals surface area contributed by atoms with Crippen molar-refractivity contribution in [2.45, 2.75) is 25.3 Å².